The zero-order chi connectivity index (χ0) is 27.9. The zero-order valence-corrected chi connectivity index (χ0v) is 22.6. The Balaban J connectivity index is 1.34. The van der Waals surface area contributed by atoms with Crippen molar-refractivity contribution in [3.8, 4) is 0 Å². The van der Waals surface area contributed by atoms with E-state index < -0.39 is 5.91 Å². The molecule has 0 bridgehead atoms. The minimum Gasteiger partial charge on any atom is -0.361 e. The molecule has 5 rings (SSSR count). The van der Waals surface area contributed by atoms with E-state index in [1.807, 2.05) is 79.7 Å². The van der Waals surface area contributed by atoms with Crippen molar-refractivity contribution >= 4 is 52.0 Å². The lowest BCUT2D eigenvalue weighted by Crippen LogP contribution is -2.30. The maximum absolute atomic E-state index is 13.5. The predicted octanol–water partition coefficient (Wildman–Crippen LogP) is 6.86. The Morgan fingerprint density at radius 3 is 2.38 bits per heavy atom. The summed E-state index contributed by atoms with van der Waals surface area (Å²) in [6.07, 6.45) is 3.46. The van der Waals surface area contributed by atoms with Gasteiger partial charge < -0.3 is 15.6 Å². The lowest BCUT2D eigenvalue weighted by molar-refractivity contribution is -0.113. The summed E-state index contributed by atoms with van der Waals surface area (Å²) < 4.78 is 0. The van der Waals surface area contributed by atoms with Crippen LogP contribution >= 0.6 is 11.8 Å². The summed E-state index contributed by atoms with van der Waals surface area (Å²) in [5.74, 6) is -0.542. The Morgan fingerprint density at radius 2 is 1.57 bits per heavy atom. The number of hydrogen-bond donors (Lipinski definition) is 3. The van der Waals surface area contributed by atoms with Crippen molar-refractivity contribution < 1.29 is 14.4 Å². The van der Waals surface area contributed by atoms with Crippen molar-refractivity contribution in [2.75, 3.05) is 11.1 Å². The van der Waals surface area contributed by atoms with Crippen LogP contribution < -0.4 is 10.6 Å². The number of aryl methyl sites for hydroxylation is 1. The lowest BCUT2D eigenvalue weighted by atomic mass is 10.1. The molecular weight excluding hydrogens is 518 g/mol. The summed E-state index contributed by atoms with van der Waals surface area (Å²) >= 11 is 1.40. The molecule has 5 aromatic rings. The second-order valence-corrected chi connectivity index (χ2v) is 10.3. The molecule has 0 atom stereocenters. The van der Waals surface area contributed by atoms with Crippen molar-refractivity contribution in [3.05, 3.63) is 137 Å². The molecule has 1 aromatic heterocycles. The Kier molecular flexibility index (Phi) is 8.23. The van der Waals surface area contributed by atoms with Gasteiger partial charge in [-0.2, -0.15) is 0 Å². The highest BCUT2D eigenvalue weighted by Crippen LogP contribution is 2.24. The second kappa shape index (κ2) is 12.3. The van der Waals surface area contributed by atoms with E-state index >= 15 is 0 Å². The maximum Gasteiger partial charge on any atom is 0.272 e. The average Bonchev–Trinajstić information content (AvgIpc) is 3.39. The quantitative estimate of drug-likeness (QED) is 0.107. The maximum atomic E-state index is 13.5. The molecule has 7 heteroatoms. The molecule has 0 spiro atoms. The molecule has 198 valence electrons. The fourth-order valence-corrected chi connectivity index (χ4v) is 4.99. The van der Waals surface area contributed by atoms with Crippen LogP contribution in [0.15, 0.2) is 120 Å². The van der Waals surface area contributed by atoms with Gasteiger partial charge in [-0.3, -0.25) is 14.4 Å². The number of hydrogen-bond acceptors (Lipinski definition) is 4. The lowest BCUT2D eigenvalue weighted by Gasteiger charge is -2.12. The van der Waals surface area contributed by atoms with E-state index in [1.165, 1.54) is 11.8 Å². The van der Waals surface area contributed by atoms with Gasteiger partial charge in [-0.05, 0) is 49.4 Å². The zero-order valence-electron chi connectivity index (χ0n) is 21.8. The largest absolute Gasteiger partial charge is 0.361 e. The van der Waals surface area contributed by atoms with Gasteiger partial charge in [0, 0.05) is 44.4 Å². The van der Waals surface area contributed by atoms with Gasteiger partial charge in [0.25, 0.3) is 11.8 Å². The van der Waals surface area contributed by atoms with Crippen molar-refractivity contribution in [3.63, 3.8) is 0 Å². The van der Waals surface area contributed by atoms with E-state index in [2.05, 4.69) is 15.6 Å². The summed E-state index contributed by atoms with van der Waals surface area (Å²) in [5, 5.41) is 6.60. The van der Waals surface area contributed by atoms with Gasteiger partial charge in [-0.1, -0.05) is 72.3 Å². The Bertz CT molecular complexity index is 1710. The summed E-state index contributed by atoms with van der Waals surface area (Å²) in [6.45, 7) is 1.98. The van der Waals surface area contributed by atoms with E-state index in [4.69, 9.17) is 0 Å². The molecule has 6 nitrogen and oxygen atoms in total. The number of Topliss-reactive ketones (excluding diaryl/α,β-unsaturated/α-hetero) is 1. The van der Waals surface area contributed by atoms with Crippen molar-refractivity contribution in [1.82, 2.24) is 10.3 Å². The van der Waals surface area contributed by atoms with Gasteiger partial charge in [-0.25, -0.2) is 0 Å². The molecule has 0 fully saturated rings. The molecule has 0 aliphatic carbocycles. The number of nitrogens with one attached hydrogen (secondary N) is 3. The Hall–Kier alpha value is -4.88. The van der Waals surface area contributed by atoms with Gasteiger partial charge in [0.2, 0.25) is 0 Å². The van der Waals surface area contributed by atoms with Gasteiger partial charge in [-0.15, -0.1) is 11.8 Å². The molecule has 40 heavy (non-hydrogen) atoms. The normalized spacial score (nSPS) is 11.3. The van der Waals surface area contributed by atoms with Crippen LogP contribution in [0, 0.1) is 6.92 Å². The molecular formula is C33H27N3O3S. The molecule has 0 saturated heterocycles. The number of carbonyl (C=O) groups is 3. The third-order valence-electron chi connectivity index (χ3n) is 6.29. The summed E-state index contributed by atoms with van der Waals surface area (Å²) in [6, 6.07) is 31.3. The van der Waals surface area contributed by atoms with Crippen LogP contribution in [0.3, 0.4) is 0 Å². The second-order valence-electron chi connectivity index (χ2n) is 9.23. The monoisotopic (exact) mass is 545 g/mol. The van der Waals surface area contributed by atoms with Crippen LogP contribution in [0.5, 0.6) is 0 Å². The number of H-pyrrole nitrogens is 1. The van der Waals surface area contributed by atoms with Crippen molar-refractivity contribution in [2.24, 2.45) is 0 Å². The number of anilines is 1. The van der Waals surface area contributed by atoms with Crippen LogP contribution in [-0.4, -0.2) is 28.3 Å². The Morgan fingerprint density at radius 1 is 0.825 bits per heavy atom. The number of ketones is 1. The molecule has 3 N–H and O–H groups in total. The topological polar surface area (TPSA) is 91.1 Å². The summed E-state index contributed by atoms with van der Waals surface area (Å²) in [5.41, 5.74) is 4.56. The highest BCUT2D eigenvalue weighted by Gasteiger charge is 2.16. The fourth-order valence-electron chi connectivity index (χ4n) is 4.15. The molecule has 2 amide bonds. The molecule has 0 saturated carbocycles. The third-order valence-corrected chi connectivity index (χ3v) is 7.28. The van der Waals surface area contributed by atoms with E-state index in [-0.39, 0.29) is 23.1 Å². The minimum absolute atomic E-state index is 0.0343. The number of thioether (sulfide) groups is 1. The average molecular weight is 546 g/mol. The SMILES string of the molecule is Cc1ccc(C(=O)CSc2cccc(NC(=O)/C(=C/c3c[nH]c4ccccc34)NC(=O)c3ccccc3)c2)cc1. The van der Waals surface area contributed by atoms with Crippen LogP contribution in [0.1, 0.15) is 31.8 Å². The molecule has 0 aliphatic heterocycles. The van der Waals surface area contributed by atoms with E-state index in [1.54, 1.807) is 42.6 Å². The first-order valence-corrected chi connectivity index (χ1v) is 13.7. The van der Waals surface area contributed by atoms with Gasteiger partial charge >= 0.3 is 0 Å². The van der Waals surface area contributed by atoms with Crippen molar-refractivity contribution in [1.29, 1.82) is 0 Å². The molecule has 4 aromatic carbocycles. The first-order valence-electron chi connectivity index (χ1n) is 12.7. The standard InChI is InChI=1S/C33H27N3O3S/c1-22-14-16-23(17-15-22)31(37)21-40-27-11-7-10-26(19-27)35-33(39)30(36-32(38)24-8-3-2-4-9-24)18-25-20-34-29-13-6-5-12-28(25)29/h2-20,34H,21H2,1H3,(H,35,39)(H,36,38)/b30-18-. The molecule has 0 radical (unpaired) electrons. The highest BCUT2D eigenvalue weighted by molar-refractivity contribution is 8.00. The first-order chi connectivity index (χ1) is 19.5. The smallest absolute Gasteiger partial charge is 0.272 e. The number of aromatic nitrogens is 1. The van der Waals surface area contributed by atoms with Crippen molar-refractivity contribution in [2.45, 2.75) is 11.8 Å². The van der Waals surface area contributed by atoms with Gasteiger partial charge in [0.15, 0.2) is 5.78 Å². The summed E-state index contributed by atoms with van der Waals surface area (Å²) in [7, 11) is 0. The molecule has 0 aliphatic rings. The summed E-state index contributed by atoms with van der Waals surface area (Å²) in [4.78, 5) is 43.1. The van der Waals surface area contributed by atoms with Gasteiger partial charge in [0.1, 0.15) is 5.70 Å². The van der Waals surface area contributed by atoms with E-state index in [0.29, 0.717) is 16.8 Å². The number of para-hydroxylation sites is 1. The van der Waals surface area contributed by atoms with Crippen LogP contribution in [0.4, 0.5) is 5.69 Å². The van der Waals surface area contributed by atoms with Crippen LogP contribution in [-0.2, 0) is 4.79 Å². The number of rotatable bonds is 9. The van der Waals surface area contributed by atoms with Gasteiger partial charge in [0.05, 0.1) is 5.75 Å². The predicted molar refractivity (Wildman–Crippen MR) is 161 cm³/mol. The first kappa shape index (κ1) is 26.7. The number of aromatic amines is 1. The molecule has 0 unspecified atom stereocenters. The number of amides is 2. The minimum atomic E-state index is -0.465. The third kappa shape index (κ3) is 6.57. The Labute approximate surface area is 236 Å². The van der Waals surface area contributed by atoms with Crippen LogP contribution in [0.2, 0.25) is 0 Å². The number of benzene rings is 4. The fraction of sp³-hybridized carbons (Fsp3) is 0.0606. The number of carbonyl (C=O) groups excluding carboxylic acids is 3. The van der Waals surface area contributed by atoms with Crippen LogP contribution in [0.25, 0.3) is 17.0 Å². The van der Waals surface area contributed by atoms with E-state index in [9.17, 15) is 14.4 Å². The van der Waals surface area contributed by atoms with E-state index in [0.717, 1.165) is 26.9 Å². The number of fused-ring (bicyclic) bond motifs is 1. The molecule has 1 heterocycles. The highest BCUT2D eigenvalue weighted by atomic mass is 32.2.